The minimum Gasteiger partial charge on any atom is -0.394 e. The largest absolute Gasteiger partial charge is 0.394 e. The first-order chi connectivity index (χ1) is 7.02. The first-order valence-electron chi connectivity index (χ1n) is 5.49. The summed E-state index contributed by atoms with van der Waals surface area (Å²) in [6, 6.07) is 0.401. The molecule has 0 saturated carbocycles. The molecule has 0 radical (unpaired) electrons. The van der Waals surface area contributed by atoms with Gasteiger partial charge < -0.3 is 19.9 Å². The number of methoxy groups -OCH3 is 1. The number of hydrogen-bond acceptors (Lipinski definition) is 4. The molecule has 0 heterocycles. The Balaban J connectivity index is 3.45. The summed E-state index contributed by atoms with van der Waals surface area (Å²) in [4.78, 5) is 0. The molecule has 0 aliphatic heterocycles. The molecular weight excluding hydrogens is 194 g/mol. The number of aliphatic hydroxyl groups is 1. The molecule has 0 aromatic heterocycles. The van der Waals surface area contributed by atoms with E-state index in [4.69, 9.17) is 14.6 Å². The van der Waals surface area contributed by atoms with Gasteiger partial charge in [0.25, 0.3) is 0 Å². The second-order valence-corrected chi connectivity index (χ2v) is 4.36. The van der Waals surface area contributed by atoms with Gasteiger partial charge in [0, 0.05) is 19.7 Å². The van der Waals surface area contributed by atoms with Crippen molar-refractivity contribution in [3.05, 3.63) is 0 Å². The van der Waals surface area contributed by atoms with Crippen molar-refractivity contribution < 1.29 is 14.6 Å². The summed E-state index contributed by atoms with van der Waals surface area (Å²) in [6.45, 7) is 8.23. The second kappa shape index (κ2) is 8.05. The molecule has 1 atom stereocenters. The van der Waals surface area contributed by atoms with Crippen LogP contribution in [0.2, 0.25) is 0 Å². The van der Waals surface area contributed by atoms with Gasteiger partial charge in [-0.25, -0.2) is 0 Å². The predicted octanol–water partition coefficient (Wildman–Crippen LogP) is 0.788. The van der Waals surface area contributed by atoms with Crippen molar-refractivity contribution in [1.82, 2.24) is 5.32 Å². The van der Waals surface area contributed by atoms with Crippen molar-refractivity contribution in [3.63, 3.8) is 0 Å². The van der Waals surface area contributed by atoms with Crippen LogP contribution in [-0.2, 0) is 9.47 Å². The Labute approximate surface area is 93.0 Å². The van der Waals surface area contributed by atoms with Crippen LogP contribution in [0.15, 0.2) is 0 Å². The van der Waals surface area contributed by atoms with Gasteiger partial charge in [0.15, 0.2) is 0 Å². The lowest BCUT2D eigenvalue weighted by Crippen LogP contribution is -2.37. The highest BCUT2D eigenvalue weighted by Crippen LogP contribution is 2.14. The van der Waals surface area contributed by atoms with Crippen molar-refractivity contribution in [2.24, 2.45) is 0 Å². The third-order valence-electron chi connectivity index (χ3n) is 2.33. The minimum absolute atomic E-state index is 0.0849. The molecule has 4 heteroatoms. The number of aliphatic hydroxyl groups excluding tert-OH is 1. The van der Waals surface area contributed by atoms with Crippen molar-refractivity contribution in [3.8, 4) is 0 Å². The maximum Gasteiger partial charge on any atom is 0.0698 e. The van der Waals surface area contributed by atoms with Gasteiger partial charge in [0.1, 0.15) is 0 Å². The quantitative estimate of drug-likeness (QED) is 0.563. The Hall–Kier alpha value is -0.160. The minimum atomic E-state index is -0.0849. The number of hydrogen-bond donors (Lipinski definition) is 2. The summed E-state index contributed by atoms with van der Waals surface area (Å²) in [7, 11) is 1.73. The van der Waals surface area contributed by atoms with E-state index in [9.17, 15) is 0 Å². The highest BCUT2D eigenvalue weighted by Gasteiger charge is 2.19. The van der Waals surface area contributed by atoms with Gasteiger partial charge in [-0.05, 0) is 27.2 Å². The van der Waals surface area contributed by atoms with Crippen LogP contribution in [0.5, 0.6) is 0 Å². The molecule has 0 aromatic carbocycles. The van der Waals surface area contributed by atoms with E-state index in [2.05, 4.69) is 26.1 Å². The van der Waals surface area contributed by atoms with E-state index in [0.717, 1.165) is 13.0 Å². The Bertz CT molecular complexity index is 151. The Kier molecular flexibility index (Phi) is 7.96. The third-order valence-corrected chi connectivity index (χ3v) is 2.33. The molecule has 15 heavy (non-hydrogen) atoms. The standard InChI is InChI=1S/C11H25NO3/c1-10(9-11(2,3)14-4)12-5-7-15-8-6-13/h10,12-13H,5-9H2,1-4H3/t10-/m1/s1. The van der Waals surface area contributed by atoms with Crippen LogP contribution in [0.1, 0.15) is 27.2 Å². The van der Waals surface area contributed by atoms with Gasteiger partial charge in [0.05, 0.1) is 25.4 Å². The lowest BCUT2D eigenvalue weighted by atomic mass is 10.00. The van der Waals surface area contributed by atoms with E-state index in [1.165, 1.54) is 0 Å². The Morgan fingerprint density at radius 2 is 2.00 bits per heavy atom. The molecule has 0 unspecified atom stereocenters. The Morgan fingerprint density at radius 3 is 2.53 bits per heavy atom. The maximum atomic E-state index is 8.50. The molecule has 0 amide bonds. The smallest absolute Gasteiger partial charge is 0.0698 e. The van der Waals surface area contributed by atoms with Crippen molar-refractivity contribution in [2.75, 3.05) is 33.5 Å². The summed E-state index contributed by atoms with van der Waals surface area (Å²) in [5, 5.41) is 11.8. The highest BCUT2D eigenvalue weighted by atomic mass is 16.5. The van der Waals surface area contributed by atoms with E-state index < -0.39 is 0 Å². The van der Waals surface area contributed by atoms with Crippen molar-refractivity contribution >= 4 is 0 Å². The van der Waals surface area contributed by atoms with Crippen LogP contribution in [0.4, 0.5) is 0 Å². The molecule has 0 fully saturated rings. The number of rotatable bonds is 9. The summed E-state index contributed by atoms with van der Waals surface area (Å²) in [5.74, 6) is 0. The molecular formula is C11H25NO3. The number of ether oxygens (including phenoxy) is 2. The Morgan fingerprint density at radius 1 is 1.33 bits per heavy atom. The van der Waals surface area contributed by atoms with Gasteiger partial charge >= 0.3 is 0 Å². The lowest BCUT2D eigenvalue weighted by Gasteiger charge is -2.27. The molecule has 4 nitrogen and oxygen atoms in total. The molecule has 0 rings (SSSR count). The lowest BCUT2D eigenvalue weighted by molar-refractivity contribution is 0.00772. The first kappa shape index (κ1) is 14.8. The first-order valence-corrected chi connectivity index (χ1v) is 5.49. The van der Waals surface area contributed by atoms with E-state index in [1.54, 1.807) is 7.11 Å². The molecule has 0 saturated heterocycles. The third kappa shape index (κ3) is 8.81. The molecule has 0 aliphatic carbocycles. The second-order valence-electron chi connectivity index (χ2n) is 4.36. The average molecular weight is 219 g/mol. The molecule has 0 spiro atoms. The zero-order valence-electron chi connectivity index (χ0n) is 10.4. The SMILES string of the molecule is COC(C)(C)C[C@@H](C)NCCOCCO. The van der Waals surface area contributed by atoms with Crippen LogP contribution >= 0.6 is 0 Å². The van der Waals surface area contributed by atoms with Gasteiger partial charge in [-0.2, -0.15) is 0 Å². The van der Waals surface area contributed by atoms with Crippen molar-refractivity contribution in [1.29, 1.82) is 0 Å². The highest BCUT2D eigenvalue weighted by molar-refractivity contribution is 4.75. The van der Waals surface area contributed by atoms with Crippen LogP contribution in [0.3, 0.4) is 0 Å². The number of nitrogens with one attached hydrogen (secondary N) is 1. The van der Waals surface area contributed by atoms with E-state index in [0.29, 0.717) is 19.3 Å². The molecule has 0 aliphatic rings. The predicted molar refractivity (Wildman–Crippen MR) is 61.1 cm³/mol. The van der Waals surface area contributed by atoms with E-state index in [-0.39, 0.29) is 12.2 Å². The zero-order valence-corrected chi connectivity index (χ0v) is 10.4. The van der Waals surface area contributed by atoms with Gasteiger partial charge in [-0.3, -0.25) is 0 Å². The topological polar surface area (TPSA) is 50.7 Å². The average Bonchev–Trinajstić information content (AvgIpc) is 2.17. The van der Waals surface area contributed by atoms with Gasteiger partial charge in [-0.1, -0.05) is 0 Å². The summed E-state index contributed by atoms with van der Waals surface area (Å²) in [5.41, 5.74) is -0.0849. The maximum absolute atomic E-state index is 8.50. The summed E-state index contributed by atoms with van der Waals surface area (Å²) < 4.78 is 10.5. The molecule has 92 valence electrons. The van der Waals surface area contributed by atoms with Crippen molar-refractivity contribution in [2.45, 2.75) is 38.8 Å². The molecule has 0 aromatic rings. The van der Waals surface area contributed by atoms with Crippen LogP contribution in [0.25, 0.3) is 0 Å². The van der Waals surface area contributed by atoms with Gasteiger partial charge in [0.2, 0.25) is 0 Å². The summed E-state index contributed by atoms with van der Waals surface area (Å²) in [6.07, 6.45) is 0.962. The van der Waals surface area contributed by atoms with E-state index >= 15 is 0 Å². The van der Waals surface area contributed by atoms with Crippen LogP contribution < -0.4 is 5.32 Å². The normalized spacial score (nSPS) is 14.2. The van der Waals surface area contributed by atoms with Crippen LogP contribution in [0, 0.1) is 0 Å². The monoisotopic (exact) mass is 219 g/mol. The molecule has 0 bridgehead atoms. The fraction of sp³-hybridized carbons (Fsp3) is 1.00. The molecule has 2 N–H and O–H groups in total. The van der Waals surface area contributed by atoms with Crippen LogP contribution in [-0.4, -0.2) is 50.2 Å². The van der Waals surface area contributed by atoms with E-state index in [1.807, 2.05) is 0 Å². The zero-order chi connectivity index (χ0) is 11.7. The van der Waals surface area contributed by atoms with Gasteiger partial charge in [-0.15, -0.1) is 0 Å². The summed E-state index contributed by atoms with van der Waals surface area (Å²) >= 11 is 0. The fourth-order valence-electron chi connectivity index (χ4n) is 1.44. The fourth-order valence-corrected chi connectivity index (χ4v) is 1.44.